The van der Waals surface area contributed by atoms with Crippen molar-refractivity contribution < 1.29 is 13.2 Å². The Morgan fingerprint density at radius 1 is 1.33 bits per heavy atom. The maximum atomic E-state index is 12.4. The minimum Gasteiger partial charge on any atom is -0.338 e. The topological polar surface area (TPSA) is 92.5 Å². The zero-order valence-electron chi connectivity index (χ0n) is 11.4. The summed E-state index contributed by atoms with van der Waals surface area (Å²) >= 11 is 1.53. The SMILES string of the molecule is Cl.NS(=O)(=O)C1CCN(C(=O)c2cc3c(s2)CNC3)CC1. The molecule has 2 aliphatic heterocycles. The monoisotopic (exact) mass is 351 g/mol. The van der Waals surface area contributed by atoms with Crippen LogP contribution in [0.2, 0.25) is 0 Å². The number of thiophene rings is 1. The molecular weight excluding hydrogens is 334 g/mol. The van der Waals surface area contributed by atoms with Crippen molar-refractivity contribution in [1.82, 2.24) is 10.2 Å². The molecule has 1 amide bonds. The number of piperidine rings is 1. The first-order valence-electron chi connectivity index (χ1n) is 6.58. The molecule has 21 heavy (non-hydrogen) atoms. The van der Waals surface area contributed by atoms with Crippen molar-refractivity contribution in [3.8, 4) is 0 Å². The molecule has 0 saturated carbocycles. The molecule has 3 rings (SSSR count). The number of rotatable bonds is 2. The molecule has 3 heterocycles. The lowest BCUT2D eigenvalue weighted by molar-refractivity contribution is 0.0730. The van der Waals surface area contributed by atoms with Crippen LogP contribution in [0, 0.1) is 0 Å². The van der Waals surface area contributed by atoms with E-state index in [1.54, 1.807) is 4.90 Å². The largest absolute Gasteiger partial charge is 0.338 e. The second-order valence-electron chi connectivity index (χ2n) is 5.24. The van der Waals surface area contributed by atoms with E-state index in [1.165, 1.54) is 21.8 Å². The summed E-state index contributed by atoms with van der Waals surface area (Å²) < 4.78 is 22.6. The first-order chi connectivity index (χ1) is 9.45. The molecule has 0 aliphatic carbocycles. The third kappa shape index (κ3) is 3.40. The molecule has 118 valence electrons. The van der Waals surface area contributed by atoms with E-state index in [4.69, 9.17) is 5.14 Å². The third-order valence-electron chi connectivity index (χ3n) is 3.90. The van der Waals surface area contributed by atoms with Crippen molar-refractivity contribution in [2.45, 2.75) is 31.2 Å². The Morgan fingerprint density at radius 3 is 2.57 bits per heavy atom. The van der Waals surface area contributed by atoms with Gasteiger partial charge in [0, 0.05) is 31.1 Å². The molecule has 0 aromatic carbocycles. The number of carbonyl (C=O) groups is 1. The summed E-state index contributed by atoms with van der Waals surface area (Å²) in [4.78, 5) is 16.1. The molecule has 0 spiro atoms. The normalized spacial score (nSPS) is 19.2. The van der Waals surface area contributed by atoms with E-state index in [0.29, 0.717) is 25.9 Å². The number of primary sulfonamides is 1. The van der Waals surface area contributed by atoms with Crippen LogP contribution in [0.4, 0.5) is 0 Å². The predicted octanol–water partition coefficient (Wildman–Crippen LogP) is 0.666. The van der Waals surface area contributed by atoms with Gasteiger partial charge in [0.05, 0.1) is 10.1 Å². The van der Waals surface area contributed by atoms with E-state index in [1.807, 2.05) is 6.07 Å². The second-order valence-corrected chi connectivity index (χ2v) is 8.22. The van der Waals surface area contributed by atoms with Crippen LogP contribution in [0.25, 0.3) is 0 Å². The maximum Gasteiger partial charge on any atom is 0.263 e. The number of fused-ring (bicyclic) bond motifs is 1. The summed E-state index contributed by atoms with van der Waals surface area (Å²) in [5.74, 6) is 0.0114. The van der Waals surface area contributed by atoms with Crippen LogP contribution < -0.4 is 10.5 Å². The maximum absolute atomic E-state index is 12.4. The van der Waals surface area contributed by atoms with Gasteiger partial charge in [0.1, 0.15) is 0 Å². The molecule has 0 radical (unpaired) electrons. The Labute approximate surface area is 134 Å². The number of sulfonamides is 1. The van der Waals surface area contributed by atoms with Gasteiger partial charge in [-0.2, -0.15) is 0 Å². The van der Waals surface area contributed by atoms with E-state index >= 15 is 0 Å². The fourth-order valence-corrected chi connectivity index (χ4v) is 4.71. The van der Waals surface area contributed by atoms with Gasteiger partial charge in [-0.25, -0.2) is 13.6 Å². The lowest BCUT2D eigenvalue weighted by atomic mass is 10.1. The number of nitrogens with zero attached hydrogens (tertiary/aromatic N) is 1. The summed E-state index contributed by atoms with van der Waals surface area (Å²) in [5.41, 5.74) is 1.21. The average molecular weight is 352 g/mol. The molecule has 3 N–H and O–H groups in total. The smallest absolute Gasteiger partial charge is 0.263 e. The van der Waals surface area contributed by atoms with Gasteiger partial charge >= 0.3 is 0 Å². The molecule has 9 heteroatoms. The molecule has 6 nitrogen and oxygen atoms in total. The molecular formula is C12H18ClN3O3S2. The molecule has 1 fully saturated rings. The van der Waals surface area contributed by atoms with Crippen LogP contribution in [0.5, 0.6) is 0 Å². The van der Waals surface area contributed by atoms with E-state index in [9.17, 15) is 13.2 Å². The molecule has 2 aliphatic rings. The number of nitrogens with two attached hydrogens (primary N) is 1. The zero-order valence-corrected chi connectivity index (χ0v) is 13.8. The van der Waals surface area contributed by atoms with Crippen molar-refractivity contribution in [2.24, 2.45) is 5.14 Å². The van der Waals surface area contributed by atoms with E-state index < -0.39 is 15.3 Å². The van der Waals surface area contributed by atoms with Crippen LogP contribution in [0.1, 0.15) is 33.0 Å². The summed E-state index contributed by atoms with van der Waals surface area (Å²) in [6.45, 7) is 2.58. The quantitative estimate of drug-likeness (QED) is 0.819. The lowest BCUT2D eigenvalue weighted by Gasteiger charge is -2.30. The summed E-state index contributed by atoms with van der Waals surface area (Å²) in [7, 11) is -3.48. The van der Waals surface area contributed by atoms with Crippen LogP contribution in [0.3, 0.4) is 0 Å². The Hall–Kier alpha value is -0.670. The number of halogens is 1. The van der Waals surface area contributed by atoms with Gasteiger partial charge < -0.3 is 10.2 Å². The van der Waals surface area contributed by atoms with Crippen molar-refractivity contribution >= 4 is 39.7 Å². The molecule has 0 bridgehead atoms. The van der Waals surface area contributed by atoms with Gasteiger partial charge in [0.25, 0.3) is 5.91 Å². The van der Waals surface area contributed by atoms with Gasteiger partial charge in [0.2, 0.25) is 10.0 Å². The Bertz CT molecular complexity index is 615. The van der Waals surface area contributed by atoms with Gasteiger partial charge in [-0.15, -0.1) is 23.7 Å². The first kappa shape index (κ1) is 16.7. The molecule has 1 aromatic rings. The Balaban J connectivity index is 0.00000161. The van der Waals surface area contributed by atoms with Crippen LogP contribution in [-0.2, 0) is 23.1 Å². The number of hydrogen-bond acceptors (Lipinski definition) is 5. The summed E-state index contributed by atoms with van der Waals surface area (Å²) in [6, 6.07) is 1.95. The second kappa shape index (κ2) is 6.21. The fourth-order valence-electron chi connectivity index (χ4n) is 2.73. The van der Waals surface area contributed by atoms with E-state index in [-0.39, 0.29) is 18.3 Å². The van der Waals surface area contributed by atoms with Gasteiger partial charge in [-0.05, 0) is 24.5 Å². The standard InChI is InChI=1S/C12H17N3O3S2.ClH/c13-20(17,18)9-1-3-15(4-2-9)12(16)10-5-8-6-14-7-11(8)19-10;/h5,9,14H,1-4,6-7H2,(H2,13,17,18);1H. The molecule has 1 aromatic heterocycles. The number of carbonyl (C=O) groups excluding carboxylic acids is 1. The lowest BCUT2D eigenvalue weighted by Crippen LogP contribution is -2.44. The highest BCUT2D eigenvalue weighted by atomic mass is 35.5. The minimum absolute atomic E-state index is 0. The fraction of sp³-hybridized carbons (Fsp3) is 0.583. The third-order valence-corrected chi connectivity index (χ3v) is 6.47. The minimum atomic E-state index is -3.48. The van der Waals surface area contributed by atoms with Gasteiger partial charge in [-0.1, -0.05) is 0 Å². The first-order valence-corrected chi connectivity index (χ1v) is 9.01. The van der Waals surface area contributed by atoms with Gasteiger partial charge in [-0.3, -0.25) is 4.79 Å². The van der Waals surface area contributed by atoms with Gasteiger partial charge in [0.15, 0.2) is 0 Å². The Morgan fingerprint density at radius 2 is 2.00 bits per heavy atom. The number of nitrogens with one attached hydrogen (secondary N) is 1. The predicted molar refractivity (Wildman–Crippen MR) is 84.1 cm³/mol. The van der Waals surface area contributed by atoms with Crippen molar-refractivity contribution in [2.75, 3.05) is 13.1 Å². The Kier molecular flexibility index (Phi) is 4.94. The van der Waals surface area contributed by atoms with E-state index in [0.717, 1.165) is 18.0 Å². The van der Waals surface area contributed by atoms with Crippen LogP contribution >= 0.6 is 23.7 Å². The van der Waals surface area contributed by atoms with Crippen molar-refractivity contribution in [1.29, 1.82) is 0 Å². The van der Waals surface area contributed by atoms with Crippen LogP contribution in [-0.4, -0.2) is 37.6 Å². The van der Waals surface area contributed by atoms with Crippen LogP contribution in [0.15, 0.2) is 6.07 Å². The molecule has 0 atom stereocenters. The van der Waals surface area contributed by atoms with Crippen molar-refractivity contribution in [3.63, 3.8) is 0 Å². The van der Waals surface area contributed by atoms with E-state index in [2.05, 4.69) is 5.32 Å². The summed E-state index contributed by atoms with van der Waals surface area (Å²) in [5, 5.41) is 7.89. The molecule has 0 unspecified atom stereocenters. The van der Waals surface area contributed by atoms with Crippen molar-refractivity contribution in [3.05, 3.63) is 21.4 Å². The highest BCUT2D eigenvalue weighted by molar-refractivity contribution is 7.89. The zero-order chi connectivity index (χ0) is 14.3. The number of amides is 1. The average Bonchev–Trinajstić information content (AvgIpc) is 2.97. The highest BCUT2D eigenvalue weighted by Crippen LogP contribution is 2.28. The number of hydrogen-bond donors (Lipinski definition) is 2. The molecule has 1 saturated heterocycles. The number of likely N-dealkylation sites (tertiary alicyclic amines) is 1. The summed E-state index contributed by atoms with van der Waals surface area (Å²) in [6.07, 6.45) is 0.856. The highest BCUT2D eigenvalue weighted by Gasteiger charge is 2.30.